The molecule has 27 heavy (non-hydrogen) atoms. The quantitative estimate of drug-likeness (QED) is 0.879. The van der Waals surface area contributed by atoms with Gasteiger partial charge in [0.1, 0.15) is 5.82 Å². The second-order valence-electron chi connectivity index (χ2n) is 7.60. The lowest BCUT2D eigenvalue weighted by Gasteiger charge is -2.33. The lowest BCUT2D eigenvalue weighted by Crippen LogP contribution is -2.41. The van der Waals surface area contributed by atoms with Gasteiger partial charge in [0.2, 0.25) is 0 Å². The minimum Gasteiger partial charge on any atom is -0.363 e. The molecule has 2 aromatic rings. The van der Waals surface area contributed by atoms with E-state index in [0.717, 1.165) is 55.0 Å². The highest BCUT2D eigenvalue weighted by molar-refractivity contribution is 5.83. The van der Waals surface area contributed by atoms with Crippen LogP contribution in [0.1, 0.15) is 46.7 Å². The standard InChI is InChI=1S/C21H24N4O2/c26-21(19-17-4-2-1-3-14(17)7-10-27-19)25-9-6-18-16(13-25)12-23-20(24-18)15-5-8-22-11-15/h1-4,12,15,19,22H,5-11,13H2/t15-,19+/m0/s1. The van der Waals surface area contributed by atoms with E-state index in [0.29, 0.717) is 25.6 Å². The fourth-order valence-electron chi connectivity index (χ4n) is 4.36. The van der Waals surface area contributed by atoms with Crippen LogP contribution in [0.2, 0.25) is 0 Å². The van der Waals surface area contributed by atoms with E-state index in [9.17, 15) is 4.79 Å². The normalized spacial score (nSPS) is 24.4. The number of amides is 1. The summed E-state index contributed by atoms with van der Waals surface area (Å²) < 4.78 is 5.86. The molecule has 1 fully saturated rings. The van der Waals surface area contributed by atoms with Crippen LogP contribution in [0.4, 0.5) is 0 Å². The molecule has 0 bridgehead atoms. The first-order valence-corrected chi connectivity index (χ1v) is 9.83. The number of benzene rings is 1. The van der Waals surface area contributed by atoms with Crippen molar-refractivity contribution in [3.8, 4) is 0 Å². The zero-order valence-corrected chi connectivity index (χ0v) is 15.4. The lowest BCUT2D eigenvalue weighted by atomic mass is 9.96. The van der Waals surface area contributed by atoms with Crippen molar-refractivity contribution in [2.45, 2.75) is 37.8 Å². The first kappa shape index (κ1) is 16.8. The van der Waals surface area contributed by atoms with Crippen molar-refractivity contribution in [2.24, 2.45) is 0 Å². The van der Waals surface area contributed by atoms with E-state index in [1.54, 1.807) is 0 Å². The average molecular weight is 364 g/mol. The van der Waals surface area contributed by atoms with Crippen molar-refractivity contribution in [1.29, 1.82) is 0 Å². The maximum absolute atomic E-state index is 13.2. The molecule has 1 amide bonds. The van der Waals surface area contributed by atoms with E-state index in [1.165, 1.54) is 5.56 Å². The van der Waals surface area contributed by atoms with Gasteiger partial charge in [0.15, 0.2) is 6.10 Å². The van der Waals surface area contributed by atoms with Crippen LogP contribution in [-0.2, 0) is 28.9 Å². The number of aromatic nitrogens is 2. The van der Waals surface area contributed by atoms with Crippen molar-refractivity contribution in [3.63, 3.8) is 0 Å². The molecule has 1 saturated heterocycles. The number of nitrogens with zero attached hydrogens (tertiary/aromatic N) is 3. The average Bonchev–Trinajstić information content (AvgIpc) is 3.27. The Kier molecular flexibility index (Phi) is 4.38. The van der Waals surface area contributed by atoms with Crippen LogP contribution in [0.3, 0.4) is 0 Å². The number of hydrogen-bond acceptors (Lipinski definition) is 5. The predicted molar refractivity (Wildman–Crippen MR) is 100 cm³/mol. The minimum absolute atomic E-state index is 0.0527. The summed E-state index contributed by atoms with van der Waals surface area (Å²) in [6.45, 7) is 3.85. The molecule has 0 unspecified atom stereocenters. The Morgan fingerprint density at radius 1 is 1.22 bits per heavy atom. The van der Waals surface area contributed by atoms with Gasteiger partial charge >= 0.3 is 0 Å². The van der Waals surface area contributed by atoms with Crippen LogP contribution in [0, 0.1) is 0 Å². The summed E-state index contributed by atoms with van der Waals surface area (Å²) in [4.78, 5) is 24.5. The van der Waals surface area contributed by atoms with Crippen LogP contribution in [0.15, 0.2) is 30.5 Å². The molecule has 1 N–H and O–H groups in total. The summed E-state index contributed by atoms with van der Waals surface area (Å²) in [5, 5.41) is 3.37. The first-order valence-electron chi connectivity index (χ1n) is 9.83. The molecule has 1 aromatic carbocycles. The van der Waals surface area contributed by atoms with Crippen molar-refractivity contribution >= 4 is 5.91 Å². The molecule has 6 heteroatoms. The number of fused-ring (bicyclic) bond motifs is 2. The largest absolute Gasteiger partial charge is 0.363 e. The smallest absolute Gasteiger partial charge is 0.256 e. The molecule has 6 nitrogen and oxygen atoms in total. The van der Waals surface area contributed by atoms with Gasteiger partial charge in [-0.1, -0.05) is 24.3 Å². The van der Waals surface area contributed by atoms with E-state index in [1.807, 2.05) is 29.3 Å². The molecule has 3 aliphatic rings. The summed E-state index contributed by atoms with van der Waals surface area (Å²) in [5.41, 5.74) is 4.40. The van der Waals surface area contributed by atoms with E-state index in [-0.39, 0.29) is 5.91 Å². The molecule has 0 radical (unpaired) electrons. The van der Waals surface area contributed by atoms with Crippen LogP contribution >= 0.6 is 0 Å². The van der Waals surface area contributed by atoms with Gasteiger partial charge in [-0.05, 0) is 30.5 Å². The molecular formula is C21H24N4O2. The molecule has 140 valence electrons. The second kappa shape index (κ2) is 7.02. The van der Waals surface area contributed by atoms with Gasteiger partial charge in [-0.3, -0.25) is 4.79 Å². The van der Waals surface area contributed by atoms with E-state index < -0.39 is 6.10 Å². The summed E-state index contributed by atoms with van der Waals surface area (Å²) >= 11 is 0. The molecule has 3 aliphatic heterocycles. The minimum atomic E-state index is -0.485. The van der Waals surface area contributed by atoms with Gasteiger partial charge in [0.25, 0.3) is 5.91 Å². The summed E-state index contributed by atoms with van der Waals surface area (Å²) in [7, 11) is 0. The Hall–Kier alpha value is -2.31. The highest BCUT2D eigenvalue weighted by Crippen LogP contribution is 2.30. The maximum atomic E-state index is 13.2. The fraction of sp³-hybridized carbons (Fsp3) is 0.476. The monoisotopic (exact) mass is 364 g/mol. The van der Waals surface area contributed by atoms with Crippen molar-refractivity contribution in [2.75, 3.05) is 26.2 Å². The molecule has 0 aliphatic carbocycles. The second-order valence-corrected chi connectivity index (χ2v) is 7.60. The van der Waals surface area contributed by atoms with E-state index in [2.05, 4.69) is 16.4 Å². The molecule has 1 aromatic heterocycles. The number of carbonyl (C=O) groups excluding carboxylic acids is 1. The van der Waals surface area contributed by atoms with Gasteiger partial charge in [-0.25, -0.2) is 9.97 Å². The number of ether oxygens (including phenoxy) is 1. The highest BCUT2D eigenvalue weighted by atomic mass is 16.5. The third-order valence-electron chi connectivity index (χ3n) is 5.91. The lowest BCUT2D eigenvalue weighted by molar-refractivity contribution is -0.146. The van der Waals surface area contributed by atoms with Gasteiger partial charge in [0.05, 0.1) is 12.3 Å². The third kappa shape index (κ3) is 3.13. The number of carbonyl (C=O) groups is 1. The highest BCUT2D eigenvalue weighted by Gasteiger charge is 2.33. The van der Waals surface area contributed by atoms with Gasteiger partial charge < -0.3 is 15.0 Å². The Balaban J connectivity index is 1.34. The zero-order valence-electron chi connectivity index (χ0n) is 15.4. The van der Waals surface area contributed by atoms with Crippen molar-refractivity contribution in [3.05, 3.63) is 58.7 Å². The molecule has 2 atom stereocenters. The molecule has 5 rings (SSSR count). The summed E-state index contributed by atoms with van der Waals surface area (Å²) in [6, 6.07) is 8.11. The van der Waals surface area contributed by atoms with Gasteiger partial charge in [-0.15, -0.1) is 0 Å². The van der Waals surface area contributed by atoms with E-state index in [4.69, 9.17) is 9.72 Å². The third-order valence-corrected chi connectivity index (χ3v) is 5.91. The molecule has 0 spiro atoms. The Morgan fingerprint density at radius 2 is 2.15 bits per heavy atom. The van der Waals surface area contributed by atoms with Crippen LogP contribution in [0.25, 0.3) is 0 Å². The van der Waals surface area contributed by atoms with Crippen LogP contribution < -0.4 is 5.32 Å². The number of nitrogens with one attached hydrogen (secondary N) is 1. The van der Waals surface area contributed by atoms with Crippen LogP contribution in [-0.4, -0.2) is 47.0 Å². The summed E-state index contributed by atoms with van der Waals surface area (Å²) in [5.74, 6) is 1.42. The molecule has 4 heterocycles. The SMILES string of the molecule is O=C([C@@H]1OCCc2ccccc21)N1CCc2nc([C@H]3CCNC3)ncc2C1. The summed E-state index contributed by atoms with van der Waals surface area (Å²) in [6.07, 6.45) is 4.19. The van der Waals surface area contributed by atoms with Crippen molar-refractivity contribution < 1.29 is 9.53 Å². The predicted octanol–water partition coefficient (Wildman–Crippen LogP) is 1.75. The number of hydrogen-bond donors (Lipinski definition) is 1. The zero-order chi connectivity index (χ0) is 18.2. The Labute approximate surface area is 159 Å². The van der Waals surface area contributed by atoms with Crippen molar-refractivity contribution in [1.82, 2.24) is 20.2 Å². The van der Waals surface area contributed by atoms with Gasteiger partial charge in [0, 0.05) is 43.7 Å². The van der Waals surface area contributed by atoms with Crippen LogP contribution in [0.5, 0.6) is 0 Å². The molecular weight excluding hydrogens is 340 g/mol. The van der Waals surface area contributed by atoms with E-state index >= 15 is 0 Å². The Bertz CT molecular complexity index is 863. The molecule has 0 saturated carbocycles. The first-order chi connectivity index (χ1) is 13.3. The van der Waals surface area contributed by atoms with Gasteiger partial charge in [-0.2, -0.15) is 0 Å². The Morgan fingerprint density at radius 3 is 3.04 bits per heavy atom. The maximum Gasteiger partial charge on any atom is 0.256 e. The topological polar surface area (TPSA) is 67.3 Å². The fourth-order valence-corrected chi connectivity index (χ4v) is 4.36. The number of rotatable bonds is 2.